The minimum absolute atomic E-state index is 0.167. The summed E-state index contributed by atoms with van der Waals surface area (Å²) in [6, 6.07) is 0. The molecule has 0 fully saturated rings. The fraction of sp³-hybridized carbons (Fsp3) is 0.167. The van der Waals surface area contributed by atoms with Crippen LogP contribution in [0.3, 0.4) is 0 Å². The van der Waals surface area contributed by atoms with Crippen LogP contribution in [0.15, 0.2) is 12.4 Å². The maximum Gasteiger partial charge on any atom is 0.535 e. The molecule has 0 aromatic rings. The van der Waals surface area contributed by atoms with Crippen LogP contribution in [-0.2, 0) is 4.79 Å². The second-order valence-corrected chi connectivity index (χ2v) is 2.01. The third-order valence-electron chi connectivity index (χ3n) is 1.27. The zero-order valence-electron chi connectivity index (χ0n) is 5.61. The SMILES string of the molecule is C=[N+]1C=C[N+](C)=C1C(=O)O. The van der Waals surface area contributed by atoms with E-state index in [2.05, 4.69) is 6.72 Å². The summed E-state index contributed by atoms with van der Waals surface area (Å²) in [5.41, 5.74) is 0. The number of nitrogens with zero attached hydrogens (tertiary/aromatic N) is 2. The van der Waals surface area contributed by atoms with E-state index in [9.17, 15) is 4.79 Å². The molecular formula is C6H8N2O2+2. The molecule has 52 valence electrons. The van der Waals surface area contributed by atoms with Crippen molar-refractivity contribution in [1.29, 1.82) is 0 Å². The Bertz CT molecular complexity index is 263. The standard InChI is InChI=1S/C6H7N2O2/c1-7-3-4-8(2)5(7)6(9)10/h3-4H,1H2,2H3/q+1/p+1. The zero-order chi connectivity index (χ0) is 7.72. The van der Waals surface area contributed by atoms with Crippen LogP contribution in [0.1, 0.15) is 0 Å². The average Bonchev–Trinajstić information content (AvgIpc) is 2.11. The molecule has 0 spiro atoms. The van der Waals surface area contributed by atoms with Gasteiger partial charge < -0.3 is 5.11 Å². The molecule has 0 amide bonds. The van der Waals surface area contributed by atoms with E-state index < -0.39 is 5.97 Å². The molecule has 0 radical (unpaired) electrons. The highest BCUT2D eigenvalue weighted by molar-refractivity contribution is 6.28. The van der Waals surface area contributed by atoms with Gasteiger partial charge in [-0.3, -0.25) is 0 Å². The smallest absolute Gasteiger partial charge is 0.468 e. The van der Waals surface area contributed by atoms with Gasteiger partial charge in [0.25, 0.3) is 0 Å². The first kappa shape index (κ1) is 6.67. The van der Waals surface area contributed by atoms with Crippen LogP contribution in [-0.4, -0.2) is 39.8 Å². The molecule has 0 atom stereocenters. The number of carboxylic acid groups (broad SMARTS) is 1. The van der Waals surface area contributed by atoms with Crippen molar-refractivity contribution in [3.05, 3.63) is 12.4 Å². The second-order valence-electron chi connectivity index (χ2n) is 2.01. The summed E-state index contributed by atoms with van der Waals surface area (Å²) in [6.45, 7) is 3.48. The van der Waals surface area contributed by atoms with Gasteiger partial charge in [0, 0.05) is 0 Å². The van der Waals surface area contributed by atoms with Crippen molar-refractivity contribution < 1.29 is 19.1 Å². The minimum atomic E-state index is -0.970. The predicted octanol–water partition coefficient (Wildman–Crippen LogP) is -0.690. The van der Waals surface area contributed by atoms with Crippen molar-refractivity contribution >= 4 is 18.5 Å². The lowest BCUT2D eigenvalue weighted by atomic mass is 10.6. The van der Waals surface area contributed by atoms with Crippen LogP contribution in [0.5, 0.6) is 0 Å². The van der Waals surface area contributed by atoms with Gasteiger partial charge >= 0.3 is 11.8 Å². The fourth-order valence-corrected chi connectivity index (χ4v) is 0.798. The predicted molar refractivity (Wildman–Crippen MR) is 35.3 cm³/mol. The van der Waals surface area contributed by atoms with Gasteiger partial charge in [0.05, 0.1) is 0 Å². The van der Waals surface area contributed by atoms with Gasteiger partial charge in [-0.25, -0.2) is 4.79 Å². The van der Waals surface area contributed by atoms with Crippen LogP contribution < -0.4 is 0 Å². The van der Waals surface area contributed by atoms with Crippen LogP contribution >= 0.6 is 0 Å². The third-order valence-corrected chi connectivity index (χ3v) is 1.27. The highest BCUT2D eigenvalue weighted by Gasteiger charge is 2.35. The molecule has 1 rings (SSSR count). The van der Waals surface area contributed by atoms with Crippen molar-refractivity contribution in [3.8, 4) is 0 Å². The Morgan fingerprint density at radius 3 is 2.50 bits per heavy atom. The van der Waals surface area contributed by atoms with E-state index >= 15 is 0 Å². The number of amidine groups is 1. The molecule has 0 aromatic heterocycles. The van der Waals surface area contributed by atoms with E-state index in [0.717, 1.165) is 0 Å². The highest BCUT2D eigenvalue weighted by atomic mass is 16.4. The van der Waals surface area contributed by atoms with Gasteiger partial charge in [-0.05, 0) is 0 Å². The molecule has 0 saturated carbocycles. The second kappa shape index (κ2) is 2.06. The van der Waals surface area contributed by atoms with Gasteiger partial charge in [0.1, 0.15) is 13.8 Å². The fourth-order valence-electron chi connectivity index (χ4n) is 0.798. The largest absolute Gasteiger partial charge is 0.535 e. The number of carbonyl (C=O) groups is 1. The molecule has 0 aliphatic carbocycles. The molecule has 4 heteroatoms. The first-order valence-corrected chi connectivity index (χ1v) is 2.74. The summed E-state index contributed by atoms with van der Waals surface area (Å²) < 4.78 is 2.80. The molecule has 0 saturated heterocycles. The van der Waals surface area contributed by atoms with E-state index in [1.54, 1.807) is 19.4 Å². The van der Waals surface area contributed by atoms with Crippen molar-refractivity contribution in [2.45, 2.75) is 0 Å². The maximum absolute atomic E-state index is 10.4. The molecule has 10 heavy (non-hydrogen) atoms. The van der Waals surface area contributed by atoms with E-state index in [-0.39, 0.29) is 5.84 Å². The maximum atomic E-state index is 10.4. The Morgan fingerprint density at radius 1 is 1.70 bits per heavy atom. The number of hydrogen-bond donors (Lipinski definition) is 1. The Hall–Kier alpha value is -1.45. The van der Waals surface area contributed by atoms with Crippen molar-refractivity contribution in [1.82, 2.24) is 0 Å². The molecule has 0 bridgehead atoms. The highest BCUT2D eigenvalue weighted by Crippen LogP contribution is 1.92. The molecule has 1 aliphatic rings. The first-order valence-electron chi connectivity index (χ1n) is 2.74. The Labute approximate surface area is 58.0 Å². The van der Waals surface area contributed by atoms with Gasteiger partial charge in [0.2, 0.25) is 12.4 Å². The van der Waals surface area contributed by atoms with Crippen molar-refractivity contribution in [2.75, 3.05) is 7.05 Å². The summed E-state index contributed by atoms with van der Waals surface area (Å²) in [6.07, 6.45) is 3.22. The first-order chi connectivity index (χ1) is 4.63. The number of rotatable bonds is 1. The summed E-state index contributed by atoms with van der Waals surface area (Å²) in [5, 5.41) is 8.55. The Balaban J connectivity index is 3.08. The van der Waals surface area contributed by atoms with E-state index in [0.29, 0.717) is 0 Å². The van der Waals surface area contributed by atoms with Crippen LogP contribution in [0.25, 0.3) is 0 Å². The molecule has 0 aromatic carbocycles. The number of aliphatic carboxylic acids is 1. The topological polar surface area (TPSA) is 43.3 Å². The van der Waals surface area contributed by atoms with Crippen molar-refractivity contribution in [3.63, 3.8) is 0 Å². The number of hydrogen-bond acceptors (Lipinski definition) is 1. The van der Waals surface area contributed by atoms with Crippen LogP contribution in [0.2, 0.25) is 0 Å². The molecule has 1 heterocycles. The normalized spacial score (nSPS) is 16.7. The van der Waals surface area contributed by atoms with E-state index in [1.165, 1.54) is 9.15 Å². The van der Waals surface area contributed by atoms with Crippen LogP contribution in [0.4, 0.5) is 0 Å². The van der Waals surface area contributed by atoms with Gasteiger partial charge in [0.15, 0.2) is 0 Å². The molecular weight excluding hydrogens is 132 g/mol. The average molecular weight is 140 g/mol. The van der Waals surface area contributed by atoms with E-state index in [1.807, 2.05) is 0 Å². The summed E-state index contributed by atoms with van der Waals surface area (Å²) in [7, 11) is 1.66. The minimum Gasteiger partial charge on any atom is -0.468 e. The Morgan fingerprint density at radius 2 is 2.30 bits per heavy atom. The van der Waals surface area contributed by atoms with E-state index in [4.69, 9.17) is 5.11 Å². The molecule has 1 aliphatic heterocycles. The van der Waals surface area contributed by atoms with Gasteiger partial charge in [-0.1, -0.05) is 0 Å². The molecule has 1 N–H and O–H groups in total. The molecule has 4 nitrogen and oxygen atoms in total. The number of carboxylic acids is 1. The summed E-state index contributed by atoms with van der Waals surface area (Å²) in [5.74, 6) is -0.803. The summed E-state index contributed by atoms with van der Waals surface area (Å²) in [4.78, 5) is 10.4. The zero-order valence-corrected chi connectivity index (χ0v) is 5.61. The quantitative estimate of drug-likeness (QED) is 0.490. The lowest BCUT2D eigenvalue weighted by Gasteiger charge is -1.81. The Kier molecular flexibility index (Phi) is 1.37. The summed E-state index contributed by atoms with van der Waals surface area (Å²) >= 11 is 0. The van der Waals surface area contributed by atoms with Crippen LogP contribution in [0, 0.1) is 0 Å². The van der Waals surface area contributed by atoms with Gasteiger partial charge in [-0.15, -0.1) is 9.15 Å². The van der Waals surface area contributed by atoms with Gasteiger partial charge in [-0.2, -0.15) is 0 Å². The lowest BCUT2D eigenvalue weighted by molar-refractivity contribution is -0.455. The lowest BCUT2D eigenvalue weighted by Crippen LogP contribution is -2.27. The molecule has 0 unspecified atom stereocenters. The monoisotopic (exact) mass is 140 g/mol. The van der Waals surface area contributed by atoms with Crippen molar-refractivity contribution in [2.24, 2.45) is 0 Å². The third kappa shape index (κ3) is 0.834.